The van der Waals surface area contributed by atoms with Crippen molar-refractivity contribution in [3.05, 3.63) is 42.0 Å². The van der Waals surface area contributed by atoms with E-state index < -0.39 is 0 Å². The van der Waals surface area contributed by atoms with Crippen molar-refractivity contribution >= 4 is 32.5 Å². The molecule has 2 aromatic rings. The molecule has 0 N–H and O–H groups in total. The number of rotatable bonds is 1. The van der Waals surface area contributed by atoms with E-state index in [-0.39, 0.29) is 0 Å². The van der Waals surface area contributed by atoms with Crippen molar-refractivity contribution in [2.75, 3.05) is 7.11 Å². The second-order valence-corrected chi connectivity index (χ2v) is 5.74. The van der Waals surface area contributed by atoms with Crippen LogP contribution in [0.1, 0.15) is 5.56 Å². The second kappa shape index (κ2) is 4.15. The minimum absolute atomic E-state index is 0.628. The molecule has 0 unspecified atom stereocenters. The lowest BCUT2D eigenvalue weighted by molar-refractivity contribution is 0.400. The van der Waals surface area contributed by atoms with Crippen molar-refractivity contribution in [3.63, 3.8) is 0 Å². The van der Waals surface area contributed by atoms with Gasteiger partial charge in [-0.05, 0) is 23.9 Å². The Morgan fingerprint density at radius 3 is 2.60 bits per heavy atom. The zero-order valence-corrected chi connectivity index (χ0v) is 12.0. The quantitative estimate of drug-likeness (QED) is 0.522. The molecule has 20 heavy (non-hydrogen) atoms. The van der Waals surface area contributed by atoms with E-state index in [1.165, 1.54) is 21.2 Å². The highest BCUT2D eigenvalue weighted by Gasteiger charge is 2.18. The summed E-state index contributed by atoms with van der Waals surface area (Å²) in [4.78, 5) is 11.4. The molecular weight excluding hydrogens is 268 g/mol. The van der Waals surface area contributed by atoms with Crippen LogP contribution in [0.5, 0.6) is 5.88 Å². The predicted octanol–water partition coefficient (Wildman–Crippen LogP) is 4.27. The van der Waals surface area contributed by atoms with Gasteiger partial charge in [-0.3, -0.25) is 0 Å². The van der Waals surface area contributed by atoms with Crippen molar-refractivity contribution < 1.29 is 4.74 Å². The maximum absolute atomic E-state index is 5.19. The molecule has 0 atom stereocenters. The third-order valence-corrected chi connectivity index (χ3v) is 4.79. The summed E-state index contributed by atoms with van der Waals surface area (Å²) in [6, 6.07) is 12.2. The van der Waals surface area contributed by atoms with Crippen LogP contribution in [0.2, 0.25) is 0 Å². The molecule has 0 bridgehead atoms. The molecule has 3 nitrogen and oxygen atoms in total. The number of hydrogen-bond acceptors (Lipinski definition) is 4. The van der Waals surface area contributed by atoms with Crippen LogP contribution in [0.3, 0.4) is 0 Å². The Hall–Kier alpha value is -2.20. The molecule has 1 aromatic heterocycles. The summed E-state index contributed by atoms with van der Waals surface area (Å²) in [5.41, 5.74) is 3.27. The van der Waals surface area contributed by atoms with Gasteiger partial charge in [-0.1, -0.05) is 24.3 Å². The number of aryl methyl sites for hydroxylation is 1. The van der Waals surface area contributed by atoms with Crippen LogP contribution in [0.25, 0.3) is 31.7 Å². The van der Waals surface area contributed by atoms with Gasteiger partial charge < -0.3 is 4.74 Å². The standard InChI is InChI=1S/C16H12N2OS/c1-9-10-5-3-4-6-11(10)14-15(9)20-16-12(17-14)7-8-13(18-16)19-2/h3-8H,1-2H3. The zero-order chi connectivity index (χ0) is 13.7. The van der Waals surface area contributed by atoms with Crippen LogP contribution >= 0.6 is 11.3 Å². The first-order valence-electron chi connectivity index (χ1n) is 6.40. The van der Waals surface area contributed by atoms with E-state index in [1.807, 2.05) is 12.1 Å². The van der Waals surface area contributed by atoms with Gasteiger partial charge in [0.15, 0.2) is 0 Å². The van der Waals surface area contributed by atoms with E-state index in [2.05, 4.69) is 36.2 Å². The molecule has 0 saturated carbocycles. The number of pyridine rings is 1. The molecule has 0 spiro atoms. The molecule has 4 rings (SSSR count). The molecule has 2 aliphatic rings. The summed E-state index contributed by atoms with van der Waals surface area (Å²) in [6.45, 7) is 2.15. The van der Waals surface area contributed by atoms with Gasteiger partial charge in [0.25, 0.3) is 0 Å². The fourth-order valence-corrected chi connectivity index (χ4v) is 3.64. The maximum Gasteiger partial charge on any atom is 0.214 e. The van der Waals surface area contributed by atoms with Gasteiger partial charge in [0.2, 0.25) is 5.88 Å². The smallest absolute Gasteiger partial charge is 0.214 e. The third kappa shape index (κ3) is 1.51. The van der Waals surface area contributed by atoms with E-state index in [0.29, 0.717) is 5.88 Å². The Balaban J connectivity index is 2.17. The van der Waals surface area contributed by atoms with E-state index in [1.54, 1.807) is 18.4 Å². The first kappa shape index (κ1) is 11.6. The lowest BCUT2D eigenvalue weighted by atomic mass is 10.2. The lowest BCUT2D eigenvalue weighted by Crippen LogP contribution is -1.89. The Morgan fingerprint density at radius 1 is 1.00 bits per heavy atom. The SMILES string of the molecule is COc1ccc2nc3c4ccccc4c(C)c-3sc2n1. The fourth-order valence-electron chi connectivity index (χ4n) is 2.58. The summed E-state index contributed by atoms with van der Waals surface area (Å²) < 4.78 is 5.19. The van der Waals surface area contributed by atoms with Crippen molar-refractivity contribution in [1.82, 2.24) is 9.97 Å². The number of ether oxygens (including phenoxy) is 1. The monoisotopic (exact) mass is 280 g/mol. The lowest BCUT2D eigenvalue weighted by Gasteiger charge is -2.04. The van der Waals surface area contributed by atoms with Crippen LogP contribution in [0.15, 0.2) is 36.4 Å². The molecule has 0 fully saturated rings. The van der Waals surface area contributed by atoms with Crippen molar-refractivity contribution in [1.29, 1.82) is 0 Å². The minimum Gasteiger partial charge on any atom is -0.481 e. The number of methoxy groups -OCH3 is 1. The topological polar surface area (TPSA) is 35.0 Å². The molecule has 0 saturated heterocycles. The first-order chi connectivity index (χ1) is 9.78. The number of hydrogen-bond donors (Lipinski definition) is 0. The van der Waals surface area contributed by atoms with Crippen molar-refractivity contribution in [2.45, 2.75) is 6.92 Å². The van der Waals surface area contributed by atoms with Gasteiger partial charge in [0.05, 0.1) is 17.7 Å². The third-order valence-electron chi connectivity index (χ3n) is 3.60. The highest BCUT2D eigenvalue weighted by molar-refractivity contribution is 7.21. The van der Waals surface area contributed by atoms with Gasteiger partial charge in [0.1, 0.15) is 10.3 Å². The highest BCUT2D eigenvalue weighted by Crippen LogP contribution is 2.41. The van der Waals surface area contributed by atoms with Crippen LogP contribution < -0.4 is 4.74 Å². The van der Waals surface area contributed by atoms with E-state index >= 15 is 0 Å². The maximum atomic E-state index is 5.19. The van der Waals surface area contributed by atoms with Gasteiger partial charge in [0, 0.05) is 11.5 Å². The molecule has 0 radical (unpaired) electrons. The number of aromatic nitrogens is 2. The average Bonchev–Trinajstić information content (AvgIpc) is 2.78. The summed E-state index contributed by atoms with van der Waals surface area (Å²) in [6.07, 6.45) is 0. The molecule has 1 aliphatic heterocycles. The van der Waals surface area contributed by atoms with Gasteiger partial charge in [-0.2, -0.15) is 0 Å². The number of benzene rings is 1. The van der Waals surface area contributed by atoms with Gasteiger partial charge in [-0.25, -0.2) is 9.97 Å². The average molecular weight is 280 g/mol. The van der Waals surface area contributed by atoms with Crippen molar-refractivity contribution in [3.8, 4) is 16.5 Å². The van der Waals surface area contributed by atoms with Gasteiger partial charge >= 0.3 is 0 Å². The van der Waals surface area contributed by atoms with Crippen LogP contribution in [-0.4, -0.2) is 17.1 Å². The molecule has 0 amide bonds. The molecule has 98 valence electrons. The molecule has 1 aromatic carbocycles. The van der Waals surface area contributed by atoms with Crippen LogP contribution in [-0.2, 0) is 0 Å². The first-order valence-corrected chi connectivity index (χ1v) is 7.22. The Morgan fingerprint density at radius 2 is 1.80 bits per heavy atom. The van der Waals surface area contributed by atoms with E-state index in [0.717, 1.165) is 16.0 Å². The van der Waals surface area contributed by atoms with E-state index in [9.17, 15) is 0 Å². The summed E-state index contributed by atoms with van der Waals surface area (Å²) in [5, 5.41) is 2.49. The summed E-state index contributed by atoms with van der Waals surface area (Å²) in [5.74, 6) is 0.628. The largest absolute Gasteiger partial charge is 0.481 e. The molecule has 4 heteroatoms. The summed E-state index contributed by atoms with van der Waals surface area (Å²) >= 11 is 1.68. The molecule has 2 heterocycles. The Labute approximate surface area is 120 Å². The summed E-state index contributed by atoms with van der Waals surface area (Å²) in [7, 11) is 1.63. The predicted molar refractivity (Wildman–Crippen MR) is 82.8 cm³/mol. The normalized spacial score (nSPS) is 11.5. The van der Waals surface area contributed by atoms with Crippen LogP contribution in [0.4, 0.5) is 0 Å². The molecule has 1 aliphatic carbocycles. The highest BCUT2D eigenvalue weighted by atomic mass is 32.1. The molecular formula is C16H12N2OS. The Kier molecular flexibility index (Phi) is 2.41. The zero-order valence-electron chi connectivity index (χ0n) is 11.2. The van der Waals surface area contributed by atoms with E-state index in [4.69, 9.17) is 9.72 Å². The van der Waals surface area contributed by atoms with Crippen molar-refractivity contribution in [2.24, 2.45) is 0 Å². The number of fused-ring (bicyclic) bond motifs is 4. The van der Waals surface area contributed by atoms with Crippen LogP contribution in [0, 0.1) is 6.92 Å². The minimum atomic E-state index is 0.628. The van der Waals surface area contributed by atoms with Gasteiger partial charge in [-0.15, -0.1) is 11.3 Å². The second-order valence-electron chi connectivity index (χ2n) is 4.74. The fraction of sp³-hybridized carbons (Fsp3) is 0.125. The number of nitrogens with zero attached hydrogens (tertiary/aromatic N) is 2. The Bertz CT molecular complexity index is 913.